The maximum absolute atomic E-state index is 13.4. The van der Waals surface area contributed by atoms with Crippen LogP contribution in [0.1, 0.15) is 30.1 Å². The molecule has 1 aromatic rings. The summed E-state index contributed by atoms with van der Waals surface area (Å²) < 4.78 is 23.2. The van der Waals surface area contributed by atoms with Crippen LogP contribution in [0.15, 0.2) is 18.2 Å². The minimum absolute atomic E-state index is 0.0784. The highest BCUT2D eigenvalue weighted by molar-refractivity contribution is 5.89. The molecule has 0 heterocycles. The summed E-state index contributed by atoms with van der Waals surface area (Å²) in [6.07, 6.45) is 1.93. The van der Waals surface area contributed by atoms with Crippen molar-refractivity contribution in [3.8, 4) is 5.75 Å². The molecule has 0 amide bonds. The van der Waals surface area contributed by atoms with Crippen molar-refractivity contribution in [1.29, 1.82) is 0 Å². The van der Waals surface area contributed by atoms with Gasteiger partial charge >= 0.3 is 5.97 Å². The van der Waals surface area contributed by atoms with E-state index in [1.54, 1.807) is 6.07 Å². The molecule has 4 heteroatoms. The number of esters is 1. The Morgan fingerprint density at radius 2 is 2.19 bits per heavy atom. The first-order valence-corrected chi connectivity index (χ1v) is 5.19. The number of benzene rings is 1. The number of carbonyl (C=O) groups excluding carboxylic acids is 1. The van der Waals surface area contributed by atoms with Crippen LogP contribution < -0.4 is 4.74 Å². The Balaban J connectivity index is 2.71. The minimum Gasteiger partial charge on any atom is -0.493 e. The Bertz CT molecular complexity index is 363. The van der Waals surface area contributed by atoms with E-state index in [4.69, 9.17) is 4.74 Å². The maximum atomic E-state index is 13.4. The maximum Gasteiger partial charge on any atom is 0.340 e. The Kier molecular flexibility index (Phi) is 4.76. The number of rotatable bonds is 5. The fourth-order valence-electron chi connectivity index (χ4n) is 1.20. The molecule has 0 bridgehead atoms. The van der Waals surface area contributed by atoms with Crippen LogP contribution in [0.2, 0.25) is 0 Å². The van der Waals surface area contributed by atoms with Crippen molar-refractivity contribution in [2.24, 2.45) is 0 Å². The lowest BCUT2D eigenvalue weighted by molar-refractivity contribution is 0.0595. The van der Waals surface area contributed by atoms with E-state index >= 15 is 0 Å². The molecule has 1 rings (SSSR count). The van der Waals surface area contributed by atoms with Gasteiger partial charge in [0.05, 0.1) is 19.3 Å². The quantitative estimate of drug-likeness (QED) is 0.572. The van der Waals surface area contributed by atoms with E-state index in [1.165, 1.54) is 19.2 Å². The fourth-order valence-corrected chi connectivity index (χ4v) is 1.20. The van der Waals surface area contributed by atoms with Gasteiger partial charge in [-0.05, 0) is 18.6 Å². The predicted molar refractivity (Wildman–Crippen MR) is 58.1 cm³/mol. The standard InChI is InChI=1S/C12H15FO3/c1-3-4-7-16-9-5-6-10(11(13)8-9)12(14)15-2/h5-6,8H,3-4,7H2,1-2H3. The normalized spacial score (nSPS) is 9.94. The summed E-state index contributed by atoms with van der Waals surface area (Å²) >= 11 is 0. The van der Waals surface area contributed by atoms with Crippen molar-refractivity contribution in [3.05, 3.63) is 29.6 Å². The van der Waals surface area contributed by atoms with Crippen LogP contribution in [0, 0.1) is 5.82 Å². The zero-order valence-corrected chi connectivity index (χ0v) is 9.46. The van der Waals surface area contributed by atoms with Crippen molar-refractivity contribution in [2.75, 3.05) is 13.7 Å². The molecule has 16 heavy (non-hydrogen) atoms. The molecule has 88 valence electrons. The second-order valence-corrected chi connectivity index (χ2v) is 3.34. The number of unbranched alkanes of at least 4 members (excludes halogenated alkanes) is 1. The lowest BCUT2D eigenvalue weighted by atomic mass is 10.2. The molecule has 0 atom stereocenters. The van der Waals surface area contributed by atoms with Gasteiger partial charge in [0.1, 0.15) is 11.6 Å². The van der Waals surface area contributed by atoms with E-state index in [1.807, 2.05) is 6.92 Å². The van der Waals surface area contributed by atoms with Gasteiger partial charge in [-0.3, -0.25) is 0 Å². The van der Waals surface area contributed by atoms with Crippen molar-refractivity contribution in [1.82, 2.24) is 0 Å². The van der Waals surface area contributed by atoms with Gasteiger partial charge in [-0.1, -0.05) is 13.3 Å². The summed E-state index contributed by atoms with van der Waals surface area (Å²) in [4.78, 5) is 11.1. The summed E-state index contributed by atoms with van der Waals surface area (Å²) in [6.45, 7) is 2.60. The topological polar surface area (TPSA) is 35.5 Å². The molecule has 0 aliphatic carbocycles. The number of hydrogen-bond donors (Lipinski definition) is 0. The Hall–Kier alpha value is -1.58. The van der Waals surface area contributed by atoms with E-state index in [-0.39, 0.29) is 5.56 Å². The summed E-state index contributed by atoms with van der Waals surface area (Å²) in [5, 5.41) is 0. The molecule has 0 saturated carbocycles. The van der Waals surface area contributed by atoms with Gasteiger partial charge in [-0.25, -0.2) is 9.18 Å². The highest BCUT2D eigenvalue weighted by Gasteiger charge is 2.12. The first-order valence-electron chi connectivity index (χ1n) is 5.19. The van der Waals surface area contributed by atoms with Gasteiger partial charge in [0.25, 0.3) is 0 Å². The summed E-state index contributed by atoms with van der Waals surface area (Å²) in [6, 6.07) is 4.12. The molecule has 0 aliphatic heterocycles. The van der Waals surface area contributed by atoms with E-state index < -0.39 is 11.8 Å². The summed E-state index contributed by atoms with van der Waals surface area (Å²) in [7, 11) is 1.22. The van der Waals surface area contributed by atoms with Gasteiger partial charge < -0.3 is 9.47 Å². The zero-order chi connectivity index (χ0) is 12.0. The number of carbonyl (C=O) groups is 1. The van der Waals surface area contributed by atoms with Crippen LogP contribution in [0.3, 0.4) is 0 Å². The Morgan fingerprint density at radius 1 is 1.44 bits per heavy atom. The Labute approximate surface area is 94.2 Å². The molecule has 0 saturated heterocycles. The molecular weight excluding hydrogens is 211 g/mol. The van der Waals surface area contributed by atoms with Gasteiger partial charge in [0, 0.05) is 6.07 Å². The van der Waals surface area contributed by atoms with Crippen LogP contribution in [0.5, 0.6) is 5.75 Å². The molecule has 3 nitrogen and oxygen atoms in total. The molecule has 0 unspecified atom stereocenters. The highest BCUT2D eigenvalue weighted by Crippen LogP contribution is 2.17. The molecule has 0 spiro atoms. The monoisotopic (exact) mass is 226 g/mol. The lowest BCUT2D eigenvalue weighted by Gasteiger charge is -2.06. The van der Waals surface area contributed by atoms with Crippen LogP contribution in [-0.2, 0) is 4.74 Å². The third kappa shape index (κ3) is 3.22. The van der Waals surface area contributed by atoms with E-state index in [0.29, 0.717) is 12.4 Å². The first kappa shape index (κ1) is 12.5. The predicted octanol–water partition coefficient (Wildman–Crippen LogP) is 2.79. The Morgan fingerprint density at radius 3 is 2.75 bits per heavy atom. The van der Waals surface area contributed by atoms with Crippen LogP contribution >= 0.6 is 0 Å². The first-order chi connectivity index (χ1) is 7.69. The molecule has 0 fully saturated rings. The van der Waals surface area contributed by atoms with Crippen molar-refractivity contribution in [3.63, 3.8) is 0 Å². The molecule has 0 N–H and O–H groups in total. The molecule has 1 aromatic carbocycles. The van der Waals surface area contributed by atoms with Crippen molar-refractivity contribution >= 4 is 5.97 Å². The number of methoxy groups -OCH3 is 1. The van der Waals surface area contributed by atoms with Gasteiger partial charge in [-0.2, -0.15) is 0 Å². The van der Waals surface area contributed by atoms with Crippen molar-refractivity contribution in [2.45, 2.75) is 19.8 Å². The average Bonchev–Trinajstić information content (AvgIpc) is 2.29. The summed E-state index contributed by atoms with van der Waals surface area (Å²) in [5.74, 6) is -0.878. The largest absolute Gasteiger partial charge is 0.493 e. The third-order valence-electron chi connectivity index (χ3n) is 2.11. The lowest BCUT2D eigenvalue weighted by Crippen LogP contribution is -2.05. The second kappa shape index (κ2) is 6.10. The van der Waals surface area contributed by atoms with Crippen molar-refractivity contribution < 1.29 is 18.7 Å². The number of ether oxygens (including phenoxy) is 2. The van der Waals surface area contributed by atoms with Crippen LogP contribution in [-0.4, -0.2) is 19.7 Å². The molecular formula is C12H15FO3. The zero-order valence-electron chi connectivity index (χ0n) is 9.46. The summed E-state index contributed by atoms with van der Waals surface area (Å²) in [5.41, 5.74) is -0.0784. The second-order valence-electron chi connectivity index (χ2n) is 3.34. The molecule has 0 aromatic heterocycles. The molecule has 0 radical (unpaired) electrons. The van der Waals surface area contributed by atoms with E-state index in [2.05, 4.69) is 4.74 Å². The van der Waals surface area contributed by atoms with E-state index in [9.17, 15) is 9.18 Å². The number of hydrogen-bond acceptors (Lipinski definition) is 3. The van der Waals surface area contributed by atoms with Crippen LogP contribution in [0.25, 0.3) is 0 Å². The van der Waals surface area contributed by atoms with E-state index in [0.717, 1.165) is 12.8 Å². The van der Waals surface area contributed by atoms with Gasteiger partial charge in [0.15, 0.2) is 0 Å². The number of halogens is 1. The average molecular weight is 226 g/mol. The van der Waals surface area contributed by atoms with Crippen LogP contribution in [0.4, 0.5) is 4.39 Å². The smallest absolute Gasteiger partial charge is 0.340 e. The molecule has 0 aliphatic rings. The third-order valence-corrected chi connectivity index (χ3v) is 2.11. The fraction of sp³-hybridized carbons (Fsp3) is 0.417. The SMILES string of the molecule is CCCCOc1ccc(C(=O)OC)c(F)c1. The van der Waals surface area contributed by atoms with Gasteiger partial charge in [-0.15, -0.1) is 0 Å². The minimum atomic E-state index is -0.683. The highest BCUT2D eigenvalue weighted by atomic mass is 19.1. The van der Waals surface area contributed by atoms with Gasteiger partial charge in [0.2, 0.25) is 0 Å².